The number of para-hydroxylation sites is 1. The lowest BCUT2D eigenvalue weighted by molar-refractivity contribution is -0.127. The average molecular weight is 544 g/mol. The molecule has 1 aliphatic rings. The highest BCUT2D eigenvalue weighted by atomic mass is 16.5. The molecule has 0 bridgehead atoms. The van der Waals surface area contributed by atoms with Crippen LogP contribution >= 0.6 is 0 Å². The monoisotopic (exact) mass is 543 g/mol. The fourth-order valence-corrected chi connectivity index (χ4v) is 4.88. The zero-order valence-corrected chi connectivity index (χ0v) is 22.7. The molecule has 2 amide bonds. The number of carbonyl (C=O) groups is 2. The fourth-order valence-electron chi connectivity index (χ4n) is 4.88. The second kappa shape index (κ2) is 12.6. The molecule has 40 heavy (non-hydrogen) atoms. The highest BCUT2D eigenvalue weighted by Gasteiger charge is 2.34. The molecule has 0 aliphatic carbocycles. The van der Waals surface area contributed by atoms with Crippen molar-refractivity contribution in [1.82, 2.24) is 20.3 Å². The summed E-state index contributed by atoms with van der Waals surface area (Å²) in [4.78, 5) is 29.6. The van der Waals surface area contributed by atoms with Crippen LogP contribution in [0.4, 0.5) is 5.69 Å². The zero-order valence-electron chi connectivity index (χ0n) is 22.7. The van der Waals surface area contributed by atoms with Gasteiger partial charge in [-0.2, -0.15) is 0 Å². The SMILES string of the molecule is CCOc1ccc([C@@H](C(=O)NC[C@@H]2CCCO2)N(C(=O)Cn2nnc3ccccc32)c2cccc(OC)c2)cc1. The third-order valence-corrected chi connectivity index (χ3v) is 6.85. The Morgan fingerprint density at radius 1 is 1.10 bits per heavy atom. The summed E-state index contributed by atoms with van der Waals surface area (Å²) in [5.74, 6) is 0.583. The van der Waals surface area contributed by atoms with Gasteiger partial charge in [0.25, 0.3) is 0 Å². The minimum atomic E-state index is -0.980. The van der Waals surface area contributed by atoms with Gasteiger partial charge in [0.1, 0.15) is 29.6 Å². The summed E-state index contributed by atoms with van der Waals surface area (Å²) in [7, 11) is 1.56. The number of benzene rings is 3. The first-order chi connectivity index (χ1) is 19.6. The van der Waals surface area contributed by atoms with Gasteiger partial charge in [-0.05, 0) is 61.7 Å². The first-order valence-corrected chi connectivity index (χ1v) is 13.4. The zero-order chi connectivity index (χ0) is 27.9. The molecular weight excluding hydrogens is 510 g/mol. The van der Waals surface area contributed by atoms with Gasteiger partial charge in [0, 0.05) is 24.9 Å². The fraction of sp³-hybridized carbons (Fsp3) is 0.333. The van der Waals surface area contributed by atoms with E-state index >= 15 is 0 Å². The molecule has 0 radical (unpaired) electrons. The Balaban J connectivity index is 1.54. The number of hydrogen-bond acceptors (Lipinski definition) is 7. The highest BCUT2D eigenvalue weighted by molar-refractivity contribution is 6.01. The maximum Gasteiger partial charge on any atom is 0.249 e. The third-order valence-electron chi connectivity index (χ3n) is 6.85. The van der Waals surface area contributed by atoms with Crippen molar-refractivity contribution in [2.45, 2.75) is 38.5 Å². The van der Waals surface area contributed by atoms with E-state index in [1.807, 2.05) is 43.3 Å². The van der Waals surface area contributed by atoms with Crippen molar-refractivity contribution < 1.29 is 23.8 Å². The van der Waals surface area contributed by atoms with Crippen molar-refractivity contribution in [1.29, 1.82) is 0 Å². The Kier molecular flexibility index (Phi) is 8.56. The Labute approximate surface area is 232 Å². The van der Waals surface area contributed by atoms with Crippen molar-refractivity contribution in [2.75, 3.05) is 31.8 Å². The number of anilines is 1. The Hall–Kier alpha value is -4.44. The van der Waals surface area contributed by atoms with E-state index in [1.54, 1.807) is 48.2 Å². The summed E-state index contributed by atoms with van der Waals surface area (Å²) in [5, 5.41) is 11.4. The van der Waals surface area contributed by atoms with Gasteiger partial charge >= 0.3 is 0 Å². The molecule has 1 fully saturated rings. The van der Waals surface area contributed by atoms with Gasteiger partial charge in [0.15, 0.2) is 0 Å². The molecule has 2 heterocycles. The minimum absolute atomic E-state index is 0.0487. The van der Waals surface area contributed by atoms with Crippen LogP contribution in [-0.4, -0.2) is 59.8 Å². The lowest BCUT2D eigenvalue weighted by atomic mass is 10.0. The molecule has 0 spiro atoms. The van der Waals surface area contributed by atoms with Crippen LogP contribution in [0.1, 0.15) is 31.4 Å². The topological polar surface area (TPSA) is 108 Å². The van der Waals surface area contributed by atoms with Crippen LogP contribution < -0.4 is 19.7 Å². The maximum atomic E-state index is 14.2. The Morgan fingerprint density at radius 3 is 2.67 bits per heavy atom. The highest BCUT2D eigenvalue weighted by Crippen LogP contribution is 2.32. The van der Waals surface area contributed by atoms with Crippen molar-refractivity contribution >= 4 is 28.5 Å². The molecule has 1 N–H and O–H groups in total. The summed E-state index contributed by atoms with van der Waals surface area (Å²) in [6, 6.07) is 20.8. The van der Waals surface area contributed by atoms with Crippen LogP contribution in [0.3, 0.4) is 0 Å². The maximum absolute atomic E-state index is 14.2. The van der Waals surface area contributed by atoms with Gasteiger partial charge < -0.3 is 19.5 Å². The quantitative estimate of drug-likeness (QED) is 0.306. The molecule has 0 unspecified atom stereocenters. The lowest BCUT2D eigenvalue weighted by Crippen LogP contribution is -2.46. The van der Waals surface area contributed by atoms with Crippen molar-refractivity contribution in [3.63, 3.8) is 0 Å². The van der Waals surface area contributed by atoms with Gasteiger partial charge in [-0.15, -0.1) is 5.10 Å². The second-order valence-electron chi connectivity index (χ2n) is 9.49. The number of carbonyl (C=O) groups excluding carboxylic acids is 2. The van der Waals surface area contributed by atoms with E-state index in [4.69, 9.17) is 14.2 Å². The summed E-state index contributed by atoms with van der Waals surface area (Å²) >= 11 is 0. The second-order valence-corrected chi connectivity index (χ2v) is 9.49. The van der Waals surface area contributed by atoms with Crippen molar-refractivity contribution in [3.8, 4) is 11.5 Å². The number of hydrogen-bond donors (Lipinski definition) is 1. The number of aromatic nitrogens is 3. The summed E-state index contributed by atoms with van der Waals surface area (Å²) in [6.07, 6.45) is 1.79. The molecule has 0 saturated carbocycles. The summed E-state index contributed by atoms with van der Waals surface area (Å²) in [5.41, 5.74) is 2.55. The molecule has 10 heteroatoms. The van der Waals surface area contributed by atoms with Gasteiger partial charge in [0.05, 0.1) is 25.3 Å². The van der Waals surface area contributed by atoms with Crippen LogP contribution in [0.15, 0.2) is 72.8 Å². The number of amides is 2. The largest absolute Gasteiger partial charge is 0.497 e. The summed E-state index contributed by atoms with van der Waals surface area (Å²) in [6.45, 7) is 3.35. The molecule has 1 aromatic heterocycles. The van der Waals surface area contributed by atoms with Crippen LogP contribution in [-0.2, 0) is 20.9 Å². The van der Waals surface area contributed by atoms with E-state index in [0.29, 0.717) is 48.0 Å². The van der Waals surface area contributed by atoms with Gasteiger partial charge in [-0.3, -0.25) is 14.5 Å². The van der Waals surface area contributed by atoms with Gasteiger partial charge in [0.2, 0.25) is 11.8 Å². The number of methoxy groups -OCH3 is 1. The lowest BCUT2D eigenvalue weighted by Gasteiger charge is -2.32. The van der Waals surface area contributed by atoms with E-state index in [-0.39, 0.29) is 24.5 Å². The predicted molar refractivity (Wildman–Crippen MR) is 150 cm³/mol. The average Bonchev–Trinajstić information content (AvgIpc) is 3.66. The molecule has 2 atom stereocenters. The standard InChI is InChI=1S/C30H33N5O5/c1-3-39-23-15-13-21(14-16-23)29(30(37)31-19-25-10-7-17-40-25)35(22-8-6-9-24(18-22)38-2)28(36)20-34-27-12-5-4-11-26(27)32-33-34/h4-6,8-9,11-16,18,25,29H,3,7,10,17,19-20H2,1-2H3,(H,31,37)/t25-,29-/m0/s1. The molecular formula is C30H33N5O5. The normalized spacial score (nSPS) is 15.5. The Morgan fingerprint density at radius 2 is 1.93 bits per heavy atom. The Bertz CT molecular complexity index is 1450. The van der Waals surface area contributed by atoms with Crippen LogP contribution in [0.2, 0.25) is 0 Å². The van der Waals surface area contributed by atoms with Gasteiger partial charge in [-0.25, -0.2) is 4.68 Å². The molecule has 1 saturated heterocycles. The van der Waals surface area contributed by atoms with E-state index < -0.39 is 6.04 Å². The molecule has 3 aromatic carbocycles. The van der Waals surface area contributed by atoms with Crippen molar-refractivity contribution in [3.05, 3.63) is 78.4 Å². The summed E-state index contributed by atoms with van der Waals surface area (Å²) < 4.78 is 18.3. The number of rotatable bonds is 11. The van der Waals surface area contributed by atoms with E-state index in [1.165, 1.54) is 4.90 Å². The number of nitrogens with zero attached hydrogens (tertiary/aromatic N) is 4. The molecule has 10 nitrogen and oxygen atoms in total. The minimum Gasteiger partial charge on any atom is -0.497 e. The third kappa shape index (κ3) is 6.07. The molecule has 1 aliphatic heterocycles. The first-order valence-electron chi connectivity index (χ1n) is 13.4. The van der Waals surface area contributed by atoms with Crippen LogP contribution in [0.5, 0.6) is 11.5 Å². The van der Waals surface area contributed by atoms with Crippen LogP contribution in [0.25, 0.3) is 11.0 Å². The molecule has 5 rings (SSSR count). The number of nitrogens with one attached hydrogen (secondary N) is 1. The van der Waals surface area contributed by atoms with E-state index in [2.05, 4.69) is 15.6 Å². The predicted octanol–water partition coefficient (Wildman–Crippen LogP) is 3.91. The van der Waals surface area contributed by atoms with Crippen LogP contribution in [0, 0.1) is 0 Å². The first kappa shape index (κ1) is 27.1. The molecule has 208 valence electrons. The number of ether oxygens (including phenoxy) is 3. The number of fused-ring (bicyclic) bond motifs is 1. The molecule has 4 aromatic rings. The van der Waals surface area contributed by atoms with E-state index in [9.17, 15) is 9.59 Å². The van der Waals surface area contributed by atoms with E-state index in [0.717, 1.165) is 18.4 Å². The van der Waals surface area contributed by atoms with Gasteiger partial charge in [-0.1, -0.05) is 35.5 Å². The smallest absolute Gasteiger partial charge is 0.249 e. The van der Waals surface area contributed by atoms with Crippen molar-refractivity contribution in [2.24, 2.45) is 0 Å².